The van der Waals surface area contributed by atoms with E-state index in [2.05, 4.69) is 94.9 Å². The van der Waals surface area contributed by atoms with Crippen molar-refractivity contribution in [1.29, 1.82) is 0 Å². The number of fused-ring (bicyclic) bond motifs is 4. The van der Waals surface area contributed by atoms with E-state index in [1.165, 1.54) is 0 Å². The first-order valence-electron chi connectivity index (χ1n) is 18.6. The molecule has 8 nitrogen and oxygen atoms in total. The number of aromatic nitrogens is 5. The van der Waals surface area contributed by atoms with Crippen molar-refractivity contribution in [3.63, 3.8) is 0 Å². The maximum Gasteiger partial charge on any atom is 0.311 e. The highest BCUT2D eigenvalue weighted by atomic mass is 35.5. The summed E-state index contributed by atoms with van der Waals surface area (Å²) >= 11 is 8.27. The molecule has 3 fully saturated rings. The van der Waals surface area contributed by atoms with Gasteiger partial charge in [-0.05, 0) is 72.6 Å². The number of ether oxygens (including phenoxy) is 1. The number of carbonyl (C=O) groups is 1. The molecular formula is C44H39ClN6O2S. The highest BCUT2D eigenvalue weighted by molar-refractivity contribution is 7.13. The van der Waals surface area contributed by atoms with Gasteiger partial charge in [0, 0.05) is 18.3 Å². The van der Waals surface area contributed by atoms with E-state index in [4.69, 9.17) is 36.3 Å². The molecule has 7 aromatic rings. The van der Waals surface area contributed by atoms with Crippen molar-refractivity contribution >= 4 is 45.9 Å². The fraction of sp³-hybridized carbons (Fsp3) is 0.250. The van der Waals surface area contributed by atoms with E-state index in [9.17, 15) is 4.79 Å². The molecule has 3 saturated carbocycles. The third-order valence-electron chi connectivity index (χ3n) is 11.2. The number of benzene rings is 3. The third-order valence-corrected chi connectivity index (χ3v) is 12.3. The lowest BCUT2D eigenvalue weighted by molar-refractivity contribution is -0.154. The van der Waals surface area contributed by atoms with Gasteiger partial charge in [0.05, 0.1) is 34.9 Å². The van der Waals surface area contributed by atoms with Crippen LogP contribution in [0.3, 0.4) is 0 Å². The molecule has 54 heavy (non-hydrogen) atoms. The number of nitrogens with one attached hydrogen (secondary N) is 1. The Balaban J connectivity index is 1.28. The van der Waals surface area contributed by atoms with E-state index in [-0.39, 0.29) is 23.1 Å². The first-order chi connectivity index (χ1) is 26.5. The van der Waals surface area contributed by atoms with E-state index >= 15 is 0 Å². The molecule has 2 bridgehead atoms. The highest BCUT2D eigenvalue weighted by Gasteiger charge is 2.48. The summed E-state index contributed by atoms with van der Waals surface area (Å²) < 4.78 is 7.84. The van der Waals surface area contributed by atoms with Crippen LogP contribution in [0.15, 0.2) is 127 Å². The molecule has 10 rings (SSSR count). The Morgan fingerprint density at radius 2 is 1.48 bits per heavy atom. The van der Waals surface area contributed by atoms with Crippen LogP contribution < -0.4 is 5.32 Å². The van der Waals surface area contributed by atoms with Gasteiger partial charge in [-0.3, -0.25) is 4.79 Å². The second-order valence-electron chi connectivity index (χ2n) is 14.1. The van der Waals surface area contributed by atoms with Gasteiger partial charge in [-0.1, -0.05) is 109 Å². The van der Waals surface area contributed by atoms with Gasteiger partial charge in [-0.2, -0.15) is 0 Å². The second-order valence-corrected chi connectivity index (χ2v) is 15.5. The molecule has 0 spiro atoms. The summed E-state index contributed by atoms with van der Waals surface area (Å²) in [7, 11) is 0. The Kier molecular flexibility index (Phi) is 9.21. The monoisotopic (exact) mass is 750 g/mol. The lowest BCUT2D eigenvalue weighted by Crippen LogP contribution is -2.52. The van der Waals surface area contributed by atoms with Crippen LogP contribution in [0.2, 0.25) is 5.15 Å². The van der Waals surface area contributed by atoms with Gasteiger partial charge in [0.25, 0.3) is 0 Å². The molecule has 1 N–H and O–H groups in total. The van der Waals surface area contributed by atoms with E-state index in [1.54, 1.807) is 17.5 Å². The first-order valence-corrected chi connectivity index (χ1v) is 19.9. The molecule has 3 aromatic carbocycles. The van der Waals surface area contributed by atoms with Crippen LogP contribution in [0.1, 0.15) is 49.3 Å². The number of rotatable bonds is 10. The van der Waals surface area contributed by atoms with Gasteiger partial charge < -0.3 is 14.6 Å². The van der Waals surface area contributed by atoms with Gasteiger partial charge in [-0.15, -0.1) is 11.3 Å². The maximum atomic E-state index is 13.4. The van der Waals surface area contributed by atoms with E-state index in [1.807, 2.05) is 42.6 Å². The number of thiophene rings is 1. The number of hydrogen-bond acceptors (Lipinski definition) is 8. The van der Waals surface area contributed by atoms with Gasteiger partial charge in [0.15, 0.2) is 11.5 Å². The summed E-state index contributed by atoms with van der Waals surface area (Å²) in [6, 6.07) is 37.4. The van der Waals surface area contributed by atoms with Crippen LogP contribution in [-0.4, -0.2) is 43.1 Å². The van der Waals surface area contributed by atoms with Gasteiger partial charge in [0.1, 0.15) is 22.0 Å². The zero-order chi connectivity index (χ0) is 36.6. The Morgan fingerprint density at radius 1 is 0.852 bits per heavy atom. The molecule has 3 aliphatic rings. The van der Waals surface area contributed by atoms with Crippen molar-refractivity contribution in [3.8, 4) is 22.0 Å². The summed E-state index contributed by atoms with van der Waals surface area (Å²) in [5, 5.41) is 6.09. The second kappa shape index (κ2) is 14.5. The van der Waals surface area contributed by atoms with Crippen molar-refractivity contribution in [2.75, 3.05) is 11.9 Å². The van der Waals surface area contributed by atoms with Gasteiger partial charge >= 0.3 is 5.97 Å². The standard InChI is InChI=1S/C44H39ClN6O2S/c1-2-53-43(52)38-28-20-22-29(23-21-28)39(38)49-37-25-34(35-19-12-24-54-35)47-41(50-37)33-27-51(42-40(33)48-36(45)26-46-42)44(30-13-6-3-7-14-30,31-15-8-4-9-16-31)32-17-10-5-11-18-32/h3-19,24-29,38-39H,2,20-23H2,1H3,(H,47,49,50)/t28?,29?,38-,39-/m0/s1. The minimum Gasteiger partial charge on any atom is -0.466 e. The van der Waals surface area contributed by atoms with Crippen LogP contribution in [0.5, 0.6) is 0 Å². The Morgan fingerprint density at radius 3 is 2.07 bits per heavy atom. The predicted molar refractivity (Wildman–Crippen MR) is 214 cm³/mol. The first kappa shape index (κ1) is 34.4. The fourth-order valence-corrected chi connectivity index (χ4v) is 9.76. The Hall–Kier alpha value is -5.38. The molecule has 0 saturated heterocycles. The minimum atomic E-state index is -0.858. The molecule has 0 radical (unpaired) electrons. The SMILES string of the molecule is CCOC(=O)[C@H]1C2CCC(CC2)[C@@H]1Nc1cc(-c2cccs2)nc(-c2cn(C(c3ccccc3)(c3ccccc3)c3ccccc3)c3ncc(Cl)nc23)n1. The molecule has 0 aliphatic heterocycles. The number of esters is 1. The lowest BCUT2D eigenvalue weighted by atomic mass is 9.61. The van der Waals surface area contributed by atoms with Crippen molar-refractivity contribution in [2.24, 2.45) is 17.8 Å². The molecule has 0 unspecified atom stereocenters. The average molecular weight is 751 g/mol. The summed E-state index contributed by atoms with van der Waals surface area (Å²) in [5.74, 6) is 1.44. The van der Waals surface area contributed by atoms with Crippen LogP contribution in [0.25, 0.3) is 33.1 Å². The largest absolute Gasteiger partial charge is 0.466 e. The predicted octanol–water partition coefficient (Wildman–Crippen LogP) is 9.89. The Bertz CT molecular complexity index is 2300. The van der Waals surface area contributed by atoms with Crippen molar-refractivity contribution in [1.82, 2.24) is 24.5 Å². The van der Waals surface area contributed by atoms with Crippen molar-refractivity contribution in [2.45, 2.75) is 44.2 Å². The number of anilines is 1. The molecule has 0 amide bonds. The number of halogens is 1. The van der Waals surface area contributed by atoms with Crippen LogP contribution in [0.4, 0.5) is 5.82 Å². The molecule has 3 aliphatic carbocycles. The Labute approximate surface area is 323 Å². The molecular weight excluding hydrogens is 712 g/mol. The third kappa shape index (κ3) is 5.96. The summed E-state index contributed by atoms with van der Waals surface area (Å²) in [4.78, 5) is 34.8. The molecule has 2 atom stereocenters. The van der Waals surface area contributed by atoms with Crippen LogP contribution >= 0.6 is 22.9 Å². The van der Waals surface area contributed by atoms with Gasteiger partial charge in [-0.25, -0.2) is 19.9 Å². The quantitative estimate of drug-likeness (QED) is 0.110. The number of nitrogens with zero attached hydrogens (tertiary/aromatic N) is 5. The van der Waals surface area contributed by atoms with E-state index in [0.29, 0.717) is 46.8 Å². The molecule has 10 heteroatoms. The lowest BCUT2D eigenvalue weighted by Gasteiger charge is -2.47. The summed E-state index contributed by atoms with van der Waals surface area (Å²) in [6.07, 6.45) is 7.93. The number of hydrogen-bond donors (Lipinski definition) is 1. The number of carbonyl (C=O) groups excluding carboxylic acids is 1. The van der Waals surface area contributed by atoms with E-state index in [0.717, 1.165) is 52.9 Å². The molecule has 4 heterocycles. The average Bonchev–Trinajstić information content (AvgIpc) is 3.90. The van der Waals surface area contributed by atoms with E-state index < -0.39 is 5.54 Å². The zero-order valence-corrected chi connectivity index (χ0v) is 31.4. The normalized spacial score (nSPS) is 19.5. The van der Waals surface area contributed by atoms with Gasteiger partial charge in [0.2, 0.25) is 0 Å². The van der Waals surface area contributed by atoms with Crippen molar-refractivity contribution in [3.05, 3.63) is 149 Å². The van der Waals surface area contributed by atoms with Crippen molar-refractivity contribution < 1.29 is 9.53 Å². The molecule has 270 valence electrons. The fourth-order valence-electron chi connectivity index (χ4n) is 8.94. The summed E-state index contributed by atoms with van der Waals surface area (Å²) in [5.41, 5.74) is 5.00. The zero-order valence-electron chi connectivity index (χ0n) is 29.8. The molecule has 4 aromatic heterocycles. The minimum absolute atomic E-state index is 0.0899. The smallest absolute Gasteiger partial charge is 0.311 e. The van der Waals surface area contributed by atoms with Crippen LogP contribution in [0, 0.1) is 17.8 Å². The highest BCUT2D eigenvalue weighted by Crippen LogP contribution is 2.48. The maximum absolute atomic E-state index is 13.4. The topological polar surface area (TPSA) is 94.8 Å². The van der Waals surface area contributed by atoms with Crippen LogP contribution in [-0.2, 0) is 15.1 Å². The summed E-state index contributed by atoms with van der Waals surface area (Å²) in [6.45, 7) is 2.24.